The van der Waals surface area contributed by atoms with Crippen LogP contribution in [0.4, 0.5) is 0 Å². The molecule has 2 aliphatic heterocycles. The van der Waals surface area contributed by atoms with E-state index in [1.54, 1.807) is 11.8 Å². The van der Waals surface area contributed by atoms with E-state index in [4.69, 9.17) is 10.6 Å². The topological polar surface area (TPSA) is 106 Å². The molecule has 0 aliphatic carbocycles. The number of hydrogen-bond donors (Lipinski definition) is 1. The molecule has 18 heavy (non-hydrogen) atoms. The van der Waals surface area contributed by atoms with Crippen molar-refractivity contribution in [2.75, 3.05) is 18.1 Å². The van der Waals surface area contributed by atoms with Crippen molar-refractivity contribution < 1.29 is 14.7 Å². The fourth-order valence-electron chi connectivity index (χ4n) is 1.79. The third-order valence-electron chi connectivity index (χ3n) is 2.65. The predicted molar refractivity (Wildman–Crippen MR) is 68.8 cm³/mol. The van der Waals surface area contributed by atoms with E-state index in [2.05, 4.69) is 10.0 Å². The number of carbonyl (C=O) groups excluding carboxylic acids is 1. The smallest absolute Gasteiger partial charge is 0.353 e. The molecule has 2 rings (SSSR count). The van der Waals surface area contributed by atoms with Gasteiger partial charge in [-0.15, -0.1) is 11.8 Å². The number of β-lactam (4-membered cyclic amide) rings is 1. The first kappa shape index (κ1) is 13.1. The summed E-state index contributed by atoms with van der Waals surface area (Å²) in [6.07, 6.45) is 0. The maximum atomic E-state index is 11.8. The highest BCUT2D eigenvalue weighted by Crippen LogP contribution is 2.45. The zero-order valence-electron chi connectivity index (χ0n) is 9.22. The minimum Gasteiger partial charge on any atom is -0.477 e. The van der Waals surface area contributed by atoms with E-state index in [9.17, 15) is 9.59 Å². The summed E-state index contributed by atoms with van der Waals surface area (Å²) in [6, 6.07) is 0. The Kier molecular flexibility index (Phi) is 4.05. The lowest BCUT2D eigenvalue weighted by Gasteiger charge is -2.42. The van der Waals surface area contributed by atoms with Crippen molar-refractivity contribution in [1.29, 1.82) is 0 Å². The maximum absolute atomic E-state index is 11.8. The predicted octanol–water partition coefficient (Wildman–Crippen LogP) is 1.49. The standard InChI is InChI=1S/C9H10N4O3S2/c10-12-11-1-2-17-3-5-7(14)13-6(9(15)16)4-18-8(5)13/h4-5,8H,1-3H2,(H,15,16)/t5?,8-/m0/s1. The summed E-state index contributed by atoms with van der Waals surface area (Å²) in [5.41, 5.74) is 8.18. The molecule has 1 amide bonds. The van der Waals surface area contributed by atoms with Crippen LogP contribution in [0, 0.1) is 5.92 Å². The summed E-state index contributed by atoms with van der Waals surface area (Å²) in [7, 11) is 0. The Labute approximate surface area is 111 Å². The number of nitrogens with zero attached hydrogens (tertiary/aromatic N) is 4. The monoisotopic (exact) mass is 286 g/mol. The van der Waals surface area contributed by atoms with Crippen molar-refractivity contribution in [2.24, 2.45) is 11.0 Å². The highest BCUT2D eigenvalue weighted by Gasteiger charge is 2.53. The zero-order valence-corrected chi connectivity index (χ0v) is 10.9. The minimum absolute atomic E-state index is 0.0735. The number of aliphatic carboxylic acids is 1. The van der Waals surface area contributed by atoms with E-state index in [-0.39, 0.29) is 22.9 Å². The molecular weight excluding hydrogens is 276 g/mol. The second-order valence-electron chi connectivity index (χ2n) is 3.68. The lowest BCUT2D eigenvalue weighted by atomic mass is 10.00. The second kappa shape index (κ2) is 5.55. The van der Waals surface area contributed by atoms with E-state index in [1.807, 2.05) is 0 Å². The number of amides is 1. The summed E-state index contributed by atoms with van der Waals surface area (Å²) in [5.74, 6) is -0.0269. The van der Waals surface area contributed by atoms with E-state index in [0.717, 1.165) is 0 Å². The van der Waals surface area contributed by atoms with Gasteiger partial charge in [0.05, 0.1) is 11.3 Å². The van der Waals surface area contributed by atoms with Gasteiger partial charge in [0, 0.05) is 22.6 Å². The maximum Gasteiger partial charge on any atom is 0.353 e. The molecule has 2 aliphatic rings. The fourth-order valence-corrected chi connectivity index (χ4v) is 4.10. The van der Waals surface area contributed by atoms with Gasteiger partial charge >= 0.3 is 5.97 Å². The molecule has 9 heteroatoms. The Balaban J connectivity index is 1.80. The van der Waals surface area contributed by atoms with Crippen molar-refractivity contribution in [3.8, 4) is 0 Å². The van der Waals surface area contributed by atoms with Gasteiger partial charge in [0.1, 0.15) is 5.70 Å². The average molecular weight is 286 g/mol. The average Bonchev–Trinajstić information content (AvgIpc) is 2.73. The van der Waals surface area contributed by atoms with Gasteiger partial charge < -0.3 is 5.11 Å². The number of azide groups is 1. The number of carbonyl (C=O) groups is 2. The minimum atomic E-state index is -1.06. The summed E-state index contributed by atoms with van der Waals surface area (Å²) < 4.78 is 0. The number of thioether (sulfide) groups is 2. The van der Waals surface area contributed by atoms with Crippen LogP contribution in [0.1, 0.15) is 0 Å². The van der Waals surface area contributed by atoms with E-state index in [0.29, 0.717) is 18.1 Å². The van der Waals surface area contributed by atoms with Crippen LogP contribution in [0.2, 0.25) is 0 Å². The van der Waals surface area contributed by atoms with Crippen LogP contribution in [0.5, 0.6) is 0 Å². The molecule has 0 saturated carbocycles. The molecule has 0 spiro atoms. The number of carboxylic acid groups (broad SMARTS) is 1. The van der Waals surface area contributed by atoms with Crippen molar-refractivity contribution in [1.82, 2.24) is 4.90 Å². The number of hydrogen-bond acceptors (Lipinski definition) is 5. The third-order valence-corrected chi connectivity index (χ3v) is 4.89. The normalized spacial score (nSPS) is 25.0. The summed E-state index contributed by atoms with van der Waals surface area (Å²) in [6.45, 7) is 0.405. The molecule has 0 aromatic heterocycles. The molecule has 7 nitrogen and oxygen atoms in total. The summed E-state index contributed by atoms with van der Waals surface area (Å²) in [5, 5.41) is 13.7. The van der Waals surface area contributed by atoms with Gasteiger partial charge in [0.2, 0.25) is 5.91 Å². The fraction of sp³-hybridized carbons (Fsp3) is 0.556. The number of carboxylic acids is 1. The van der Waals surface area contributed by atoms with Crippen LogP contribution < -0.4 is 0 Å². The summed E-state index contributed by atoms with van der Waals surface area (Å²) >= 11 is 2.92. The van der Waals surface area contributed by atoms with Gasteiger partial charge in [-0.05, 0) is 11.3 Å². The first-order valence-electron chi connectivity index (χ1n) is 5.17. The Morgan fingerprint density at radius 3 is 3.17 bits per heavy atom. The van der Waals surface area contributed by atoms with Gasteiger partial charge in [-0.2, -0.15) is 11.8 Å². The molecule has 2 heterocycles. The van der Waals surface area contributed by atoms with Crippen LogP contribution in [-0.2, 0) is 9.59 Å². The molecule has 2 atom stereocenters. The SMILES string of the molecule is [N-]=[N+]=NCCSCC1C(=O)N2C(C(=O)O)=CS[C@@H]12. The molecule has 1 saturated heterocycles. The molecule has 0 aromatic carbocycles. The van der Waals surface area contributed by atoms with E-state index < -0.39 is 5.97 Å². The van der Waals surface area contributed by atoms with Crippen LogP contribution >= 0.6 is 23.5 Å². The Bertz CT molecular complexity index is 461. The van der Waals surface area contributed by atoms with Gasteiger partial charge in [0.25, 0.3) is 0 Å². The van der Waals surface area contributed by atoms with E-state index >= 15 is 0 Å². The molecule has 0 aromatic rings. The van der Waals surface area contributed by atoms with Gasteiger partial charge in [-0.3, -0.25) is 9.69 Å². The summed E-state index contributed by atoms with van der Waals surface area (Å²) in [4.78, 5) is 26.6. The lowest BCUT2D eigenvalue weighted by molar-refractivity contribution is -0.150. The first-order chi connectivity index (χ1) is 8.66. The molecule has 1 N–H and O–H groups in total. The molecule has 0 bridgehead atoms. The largest absolute Gasteiger partial charge is 0.477 e. The lowest BCUT2D eigenvalue weighted by Crippen LogP contribution is -2.58. The first-order valence-corrected chi connectivity index (χ1v) is 7.27. The Morgan fingerprint density at radius 2 is 2.50 bits per heavy atom. The highest BCUT2D eigenvalue weighted by molar-refractivity contribution is 8.03. The van der Waals surface area contributed by atoms with Crippen molar-refractivity contribution in [2.45, 2.75) is 5.37 Å². The number of rotatable bonds is 6. The Hall–Kier alpha value is -1.31. The quantitative estimate of drug-likeness (QED) is 0.262. The number of fused-ring (bicyclic) bond motifs is 1. The van der Waals surface area contributed by atoms with Gasteiger partial charge in [-0.1, -0.05) is 5.11 Å². The van der Waals surface area contributed by atoms with Crippen LogP contribution in [0.3, 0.4) is 0 Å². The molecule has 1 unspecified atom stereocenters. The van der Waals surface area contributed by atoms with Gasteiger partial charge in [0.15, 0.2) is 0 Å². The third kappa shape index (κ3) is 2.29. The Morgan fingerprint density at radius 1 is 1.72 bits per heavy atom. The highest BCUT2D eigenvalue weighted by atomic mass is 32.2. The van der Waals surface area contributed by atoms with Crippen LogP contribution in [0.15, 0.2) is 16.2 Å². The van der Waals surface area contributed by atoms with Crippen LogP contribution in [0.25, 0.3) is 10.4 Å². The van der Waals surface area contributed by atoms with Crippen molar-refractivity contribution in [3.05, 3.63) is 21.5 Å². The molecule has 1 fully saturated rings. The second-order valence-corrected chi connectivity index (χ2v) is 5.82. The van der Waals surface area contributed by atoms with Crippen molar-refractivity contribution in [3.63, 3.8) is 0 Å². The van der Waals surface area contributed by atoms with Crippen molar-refractivity contribution >= 4 is 35.4 Å². The molecule has 0 radical (unpaired) electrons. The molecule has 96 valence electrons. The van der Waals surface area contributed by atoms with Gasteiger partial charge in [-0.25, -0.2) is 4.79 Å². The zero-order chi connectivity index (χ0) is 13.1. The molecular formula is C9H10N4O3S2. The van der Waals surface area contributed by atoms with Crippen LogP contribution in [-0.4, -0.2) is 45.3 Å². The van der Waals surface area contributed by atoms with E-state index in [1.165, 1.54) is 22.1 Å².